The Morgan fingerprint density at radius 2 is 1.81 bits per heavy atom. The highest BCUT2D eigenvalue weighted by Crippen LogP contribution is 2.20. The van der Waals surface area contributed by atoms with Crippen LogP contribution in [0.25, 0.3) is 0 Å². The first kappa shape index (κ1) is 24.8. The van der Waals surface area contributed by atoms with Crippen LogP contribution in [0.1, 0.15) is 50.2 Å². The van der Waals surface area contributed by atoms with E-state index in [9.17, 15) is 14.0 Å². The smallest absolute Gasteiger partial charge is 0.242 e. The van der Waals surface area contributed by atoms with Gasteiger partial charge in [-0.05, 0) is 49.1 Å². The Balaban J connectivity index is 1.65. The minimum Gasteiger partial charge on any atom is -0.352 e. The number of thioether (sulfide) groups is 1. The molecule has 0 aromatic heterocycles. The molecule has 0 radical (unpaired) electrons. The summed E-state index contributed by atoms with van der Waals surface area (Å²) in [7, 11) is 0. The quantitative estimate of drug-likeness (QED) is 0.462. The lowest BCUT2D eigenvalue weighted by molar-refractivity contribution is -0.139. The summed E-state index contributed by atoms with van der Waals surface area (Å²) in [5.74, 6) is 0.0976. The lowest BCUT2D eigenvalue weighted by Gasteiger charge is -2.31. The number of carbonyl (C=O) groups is 2. The predicted octanol–water partition coefficient (Wildman–Crippen LogP) is 5.69. The topological polar surface area (TPSA) is 49.4 Å². The molecule has 2 aromatic rings. The van der Waals surface area contributed by atoms with Gasteiger partial charge in [0.05, 0.1) is 5.75 Å². The lowest BCUT2D eigenvalue weighted by atomic mass is 9.95. The van der Waals surface area contributed by atoms with Crippen LogP contribution in [0, 0.1) is 5.82 Å². The van der Waals surface area contributed by atoms with Gasteiger partial charge in [0.2, 0.25) is 11.8 Å². The van der Waals surface area contributed by atoms with Crippen LogP contribution in [0.4, 0.5) is 4.39 Å². The van der Waals surface area contributed by atoms with E-state index in [-0.39, 0.29) is 29.4 Å². The third-order valence-electron chi connectivity index (χ3n) is 5.83. The summed E-state index contributed by atoms with van der Waals surface area (Å²) in [6, 6.07) is 14.0. The first-order chi connectivity index (χ1) is 15.4. The van der Waals surface area contributed by atoms with E-state index in [1.54, 1.807) is 30.0 Å². The zero-order valence-corrected chi connectivity index (χ0v) is 20.8. The van der Waals surface area contributed by atoms with Crippen LogP contribution < -0.4 is 5.32 Å². The normalized spacial score (nSPS) is 15.2. The molecule has 172 valence electrons. The van der Waals surface area contributed by atoms with Gasteiger partial charge in [-0.25, -0.2) is 4.39 Å². The monoisotopic (exact) mass is 520 g/mol. The number of halogens is 2. The van der Waals surface area contributed by atoms with Crippen LogP contribution in [0.5, 0.6) is 0 Å². The first-order valence-electron chi connectivity index (χ1n) is 11.1. The second-order valence-corrected chi connectivity index (χ2v) is 10.2. The molecular weight excluding hydrogens is 491 g/mol. The summed E-state index contributed by atoms with van der Waals surface area (Å²) in [6.45, 7) is 2.14. The van der Waals surface area contributed by atoms with E-state index in [0.29, 0.717) is 17.9 Å². The SMILES string of the molecule is C[C@H](C(=O)NC1CCCCC1)N(Cc1ccc(Br)cc1)C(=O)CSCc1ccccc1F. The Bertz CT molecular complexity index is 903. The van der Waals surface area contributed by atoms with E-state index in [2.05, 4.69) is 21.2 Å². The van der Waals surface area contributed by atoms with Crippen molar-refractivity contribution in [3.63, 3.8) is 0 Å². The fourth-order valence-electron chi connectivity index (χ4n) is 3.88. The highest BCUT2D eigenvalue weighted by molar-refractivity contribution is 9.10. The molecule has 0 unspecified atom stereocenters. The van der Waals surface area contributed by atoms with Crippen molar-refractivity contribution in [2.45, 2.75) is 63.4 Å². The van der Waals surface area contributed by atoms with Crippen LogP contribution in [0.15, 0.2) is 53.0 Å². The second kappa shape index (κ2) is 12.4. The third kappa shape index (κ3) is 7.34. The number of carbonyl (C=O) groups excluding carboxylic acids is 2. The molecule has 32 heavy (non-hydrogen) atoms. The van der Waals surface area contributed by atoms with Crippen LogP contribution in [0.2, 0.25) is 0 Å². The Labute approximate surface area is 202 Å². The molecule has 0 heterocycles. The van der Waals surface area contributed by atoms with Crippen molar-refractivity contribution in [3.05, 3.63) is 69.9 Å². The Hall–Kier alpha value is -1.86. The lowest BCUT2D eigenvalue weighted by Crippen LogP contribution is -2.50. The molecule has 4 nitrogen and oxygen atoms in total. The standard InChI is InChI=1S/C25H30BrFN2O2S/c1-18(25(31)28-22-8-3-2-4-9-22)29(15-19-11-13-21(26)14-12-19)24(30)17-32-16-20-7-5-6-10-23(20)27/h5-7,10-14,18,22H,2-4,8-9,15-17H2,1H3,(H,28,31)/t18-/m1/s1. The molecule has 1 saturated carbocycles. The molecule has 0 saturated heterocycles. The minimum absolute atomic E-state index is 0.110. The summed E-state index contributed by atoms with van der Waals surface area (Å²) in [5.41, 5.74) is 1.53. The Morgan fingerprint density at radius 3 is 2.50 bits per heavy atom. The van der Waals surface area contributed by atoms with E-state index in [1.807, 2.05) is 24.3 Å². The summed E-state index contributed by atoms with van der Waals surface area (Å²) < 4.78 is 14.8. The van der Waals surface area contributed by atoms with E-state index in [1.165, 1.54) is 24.2 Å². The molecule has 3 rings (SSSR count). The molecule has 1 atom stereocenters. The van der Waals surface area contributed by atoms with Crippen molar-refractivity contribution in [2.24, 2.45) is 0 Å². The van der Waals surface area contributed by atoms with Crippen molar-refractivity contribution < 1.29 is 14.0 Å². The van der Waals surface area contributed by atoms with Crippen LogP contribution >= 0.6 is 27.7 Å². The van der Waals surface area contributed by atoms with E-state index >= 15 is 0 Å². The number of amides is 2. The molecule has 7 heteroatoms. The minimum atomic E-state index is -0.581. The van der Waals surface area contributed by atoms with Crippen LogP contribution in [-0.4, -0.2) is 34.6 Å². The molecule has 0 bridgehead atoms. The van der Waals surface area contributed by atoms with Gasteiger partial charge in [-0.15, -0.1) is 11.8 Å². The maximum Gasteiger partial charge on any atom is 0.242 e. The van der Waals surface area contributed by atoms with Crippen LogP contribution in [-0.2, 0) is 21.9 Å². The number of hydrogen-bond donors (Lipinski definition) is 1. The first-order valence-corrected chi connectivity index (χ1v) is 13.0. The summed E-state index contributed by atoms with van der Waals surface area (Å²) >= 11 is 4.80. The molecule has 1 fully saturated rings. The average molecular weight is 521 g/mol. The van der Waals surface area contributed by atoms with Gasteiger partial charge < -0.3 is 10.2 Å². The third-order valence-corrected chi connectivity index (χ3v) is 7.32. The fraction of sp³-hybridized carbons (Fsp3) is 0.440. The van der Waals surface area contributed by atoms with Crippen molar-refractivity contribution in [1.82, 2.24) is 10.2 Å². The van der Waals surface area contributed by atoms with Gasteiger partial charge >= 0.3 is 0 Å². The molecule has 1 aliphatic carbocycles. The number of nitrogens with zero attached hydrogens (tertiary/aromatic N) is 1. The Kier molecular flexibility index (Phi) is 9.60. The summed E-state index contributed by atoms with van der Waals surface area (Å²) in [5, 5.41) is 3.14. The van der Waals surface area contributed by atoms with Crippen molar-refractivity contribution in [3.8, 4) is 0 Å². The number of nitrogens with one attached hydrogen (secondary N) is 1. The zero-order valence-electron chi connectivity index (χ0n) is 18.4. The van der Waals surface area contributed by atoms with E-state index in [4.69, 9.17) is 0 Å². The van der Waals surface area contributed by atoms with Crippen molar-refractivity contribution >= 4 is 39.5 Å². The maximum absolute atomic E-state index is 13.9. The van der Waals surface area contributed by atoms with Gasteiger partial charge in [-0.2, -0.15) is 0 Å². The number of rotatable bonds is 9. The van der Waals surface area contributed by atoms with E-state index < -0.39 is 6.04 Å². The zero-order chi connectivity index (χ0) is 22.9. The number of hydrogen-bond acceptors (Lipinski definition) is 3. The maximum atomic E-state index is 13.9. The van der Waals surface area contributed by atoms with E-state index in [0.717, 1.165) is 35.7 Å². The van der Waals surface area contributed by atoms with Crippen molar-refractivity contribution in [2.75, 3.05) is 5.75 Å². The van der Waals surface area contributed by atoms with Gasteiger partial charge in [0.15, 0.2) is 0 Å². The molecule has 0 aliphatic heterocycles. The fourth-order valence-corrected chi connectivity index (χ4v) is 5.05. The molecule has 2 aromatic carbocycles. The molecule has 1 aliphatic rings. The van der Waals surface area contributed by atoms with Gasteiger partial charge in [0.25, 0.3) is 0 Å². The van der Waals surface area contributed by atoms with Crippen LogP contribution in [0.3, 0.4) is 0 Å². The predicted molar refractivity (Wildman–Crippen MR) is 132 cm³/mol. The van der Waals surface area contributed by atoms with Gasteiger partial charge in [-0.3, -0.25) is 9.59 Å². The van der Waals surface area contributed by atoms with Gasteiger partial charge in [0.1, 0.15) is 11.9 Å². The second-order valence-electron chi connectivity index (χ2n) is 8.25. The Morgan fingerprint density at radius 1 is 1.12 bits per heavy atom. The number of benzene rings is 2. The average Bonchev–Trinajstić information content (AvgIpc) is 2.80. The molecular formula is C25H30BrFN2O2S. The summed E-state index contributed by atoms with van der Waals surface area (Å²) in [6.07, 6.45) is 5.48. The molecule has 0 spiro atoms. The highest BCUT2D eigenvalue weighted by Gasteiger charge is 2.28. The highest BCUT2D eigenvalue weighted by atomic mass is 79.9. The van der Waals surface area contributed by atoms with Crippen molar-refractivity contribution in [1.29, 1.82) is 0 Å². The molecule has 1 N–H and O–H groups in total. The van der Waals surface area contributed by atoms with Gasteiger partial charge in [-0.1, -0.05) is 65.5 Å². The van der Waals surface area contributed by atoms with Gasteiger partial charge in [0, 0.05) is 22.8 Å². The largest absolute Gasteiger partial charge is 0.352 e. The summed E-state index contributed by atoms with van der Waals surface area (Å²) in [4.78, 5) is 27.8. The molecule has 2 amide bonds.